The average Bonchev–Trinajstić information content (AvgIpc) is 2.19. The van der Waals surface area contributed by atoms with Crippen molar-refractivity contribution in [3.63, 3.8) is 0 Å². The zero-order valence-electron chi connectivity index (χ0n) is 8.07. The van der Waals surface area contributed by atoms with Gasteiger partial charge in [0.2, 0.25) is 5.91 Å². The van der Waals surface area contributed by atoms with E-state index in [1.165, 1.54) is 27.0 Å². The molecule has 0 bridgehead atoms. The minimum absolute atomic E-state index is 0.390. The lowest BCUT2D eigenvalue weighted by molar-refractivity contribution is -0.137. The standard InChI is InChI=1S/C8H9N3O3/c1-5(12)11-7(14)10(4-9)6(13)8(11,2)3/h1-3H3. The van der Waals surface area contributed by atoms with Crippen molar-refractivity contribution in [1.29, 1.82) is 5.26 Å². The second-order valence-electron chi connectivity index (χ2n) is 3.44. The molecule has 4 amide bonds. The lowest BCUT2D eigenvalue weighted by atomic mass is 10.0. The Morgan fingerprint density at radius 1 is 1.43 bits per heavy atom. The second-order valence-corrected chi connectivity index (χ2v) is 3.44. The number of carbonyl (C=O) groups excluding carboxylic acids is 3. The summed E-state index contributed by atoms with van der Waals surface area (Å²) in [6.07, 6.45) is 1.44. The van der Waals surface area contributed by atoms with Crippen LogP contribution in [0, 0.1) is 11.5 Å². The summed E-state index contributed by atoms with van der Waals surface area (Å²) >= 11 is 0. The van der Waals surface area contributed by atoms with Gasteiger partial charge in [-0.25, -0.2) is 9.69 Å². The number of urea groups is 1. The fourth-order valence-electron chi connectivity index (χ4n) is 1.41. The third-order valence-corrected chi connectivity index (χ3v) is 2.08. The molecule has 0 aromatic heterocycles. The number of imide groups is 2. The van der Waals surface area contributed by atoms with Crippen molar-refractivity contribution in [2.24, 2.45) is 0 Å². The highest BCUT2D eigenvalue weighted by Crippen LogP contribution is 2.26. The highest BCUT2D eigenvalue weighted by atomic mass is 16.2. The van der Waals surface area contributed by atoms with Crippen LogP contribution in [0.25, 0.3) is 0 Å². The molecule has 1 saturated heterocycles. The largest absolute Gasteiger partial charge is 0.348 e. The zero-order chi connectivity index (χ0) is 11.1. The van der Waals surface area contributed by atoms with Crippen molar-refractivity contribution in [2.75, 3.05) is 0 Å². The van der Waals surface area contributed by atoms with Crippen molar-refractivity contribution in [3.05, 3.63) is 0 Å². The maximum absolute atomic E-state index is 11.5. The van der Waals surface area contributed by atoms with Crippen LogP contribution in [0.3, 0.4) is 0 Å². The van der Waals surface area contributed by atoms with Crippen LogP contribution in [-0.4, -0.2) is 33.2 Å². The number of hydrogen-bond acceptors (Lipinski definition) is 4. The Balaban J connectivity index is 3.24. The summed E-state index contributed by atoms with van der Waals surface area (Å²) in [5.41, 5.74) is -1.27. The van der Waals surface area contributed by atoms with E-state index in [0.29, 0.717) is 4.90 Å². The molecular formula is C8H9N3O3. The Hall–Kier alpha value is -1.90. The normalized spacial score (nSPS) is 19.9. The Kier molecular flexibility index (Phi) is 2.04. The maximum Gasteiger partial charge on any atom is 0.348 e. The summed E-state index contributed by atoms with van der Waals surface area (Å²) in [5, 5.41) is 8.53. The lowest BCUT2D eigenvalue weighted by Gasteiger charge is -2.23. The van der Waals surface area contributed by atoms with Gasteiger partial charge in [-0.1, -0.05) is 0 Å². The van der Waals surface area contributed by atoms with E-state index in [1.54, 1.807) is 0 Å². The van der Waals surface area contributed by atoms with E-state index < -0.39 is 23.4 Å². The lowest BCUT2D eigenvalue weighted by Crippen LogP contribution is -2.46. The molecule has 0 radical (unpaired) electrons. The highest BCUT2D eigenvalue weighted by molar-refractivity contribution is 6.14. The van der Waals surface area contributed by atoms with Crippen molar-refractivity contribution >= 4 is 17.8 Å². The van der Waals surface area contributed by atoms with E-state index in [-0.39, 0.29) is 0 Å². The molecule has 0 aromatic rings. The van der Waals surface area contributed by atoms with E-state index in [1.807, 2.05) is 0 Å². The first-order chi connectivity index (χ1) is 6.34. The van der Waals surface area contributed by atoms with Gasteiger partial charge in [-0.3, -0.25) is 9.59 Å². The van der Waals surface area contributed by atoms with E-state index >= 15 is 0 Å². The van der Waals surface area contributed by atoms with Crippen LogP contribution in [0.1, 0.15) is 20.8 Å². The number of amides is 4. The van der Waals surface area contributed by atoms with E-state index in [4.69, 9.17) is 5.26 Å². The summed E-state index contributed by atoms with van der Waals surface area (Å²) in [4.78, 5) is 35.1. The van der Waals surface area contributed by atoms with Crippen molar-refractivity contribution in [3.8, 4) is 6.19 Å². The van der Waals surface area contributed by atoms with Gasteiger partial charge in [-0.05, 0) is 13.8 Å². The van der Waals surface area contributed by atoms with Crippen LogP contribution in [0.5, 0.6) is 0 Å². The van der Waals surface area contributed by atoms with Gasteiger partial charge in [0.25, 0.3) is 5.91 Å². The van der Waals surface area contributed by atoms with Gasteiger partial charge in [-0.2, -0.15) is 10.2 Å². The average molecular weight is 195 g/mol. The summed E-state index contributed by atoms with van der Waals surface area (Å²) in [6, 6.07) is -0.880. The Bertz CT molecular complexity index is 367. The minimum Gasteiger partial charge on any atom is -0.275 e. The molecule has 14 heavy (non-hydrogen) atoms. The first kappa shape index (κ1) is 10.2. The van der Waals surface area contributed by atoms with Crippen LogP contribution in [0.2, 0.25) is 0 Å². The highest BCUT2D eigenvalue weighted by Gasteiger charge is 2.53. The van der Waals surface area contributed by atoms with Gasteiger partial charge in [0.1, 0.15) is 5.54 Å². The number of nitriles is 1. The molecule has 74 valence electrons. The molecule has 0 spiro atoms. The van der Waals surface area contributed by atoms with E-state index in [0.717, 1.165) is 4.90 Å². The number of rotatable bonds is 0. The van der Waals surface area contributed by atoms with E-state index in [2.05, 4.69) is 0 Å². The Morgan fingerprint density at radius 2 is 1.93 bits per heavy atom. The smallest absolute Gasteiger partial charge is 0.275 e. The second kappa shape index (κ2) is 2.80. The third-order valence-electron chi connectivity index (χ3n) is 2.08. The number of hydrogen-bond donors (Lipinski definition) is 0. The molecule has 0 atom stereocenters. The molecule has 0 saturated carbocycles. The van der Waals surface area contributed by atoms with Gasteiger partial charge < -0.3 is 0 Å². The first-order valence-corrected chi connectivity index (χ1v) is 3.93. The zero-order valence-corrected chi connectivity index (χ0v) is 8.07. The van der Waals surface area contributed by atoms with Gasteiger partial charge in [0.15, 0.2) is 6.19 Å². The quantitative estimate of drug-likeness (QED) is 0.404. The minimum atomic E-state index is -1.27. The maximum atomic E-state index is 11.5. The monoisotopic (exact) mass is 195 g/mol. The molecule has 1 aliphatic heterocycles. The fourth-order valence-corrected chi connectivity index (χ4v) is 1.41. The Morgan fingerprint density at radius 3 is 2.14 bits per heavy atom. The third kappa shape index (κ3) is 1.06. The van der Waals surface area contributed by atoms with E-state index in [9.17, 15) is 14.4 Å². The molecule has 0 aromatic carbocycles. The summed E-state index contributed by atoms with van der Waals surface area (Å²) in [6.45, 7) is 4.02. The number of carbonyl (C=O) groups is 3. The molecule has 6 heteroatoms. The molecule has 0 aliphatic carbocycles. The molecule has 1 fully saturated rings. The summed E-state index contributed by atoms with van der Waals surface area (Å²) < 4.78 is 0. The van der Waals surface area contributed by atoms with Gasteiger partial charge in [0, 0.05) is 6.92 Å². The fraction of sp³-hybridized carbons (Fsp3) is 0.500. The Labute approximate surface area is 80.7 Å². The van der Waals surface area contributed by atoms with Crippen LogP contribution < -0.4 is 0 Å². The van der Waals surface area contributed by atoms with Gasteiger partial charge >= 0.3 is 6.03 Å². The molecular weight excluding hydrogens is 186 g/mol. The van der Waals surface area contributed by atoms with Crippen molar-refractivity contribution in [1.82, 2.24) is 9.80 Å². The van der Waals surface area contributed by atoms with Crippen LogP contribution in [-0.2, 0) is 9.59 Å². The topological polar surface area (TPSA) is 81.5 Å². The summed E-state index contributed by atoms with van der Waals surface area (Å²) in [5.74, 6) is -1.23. The van der Waals surface area contributed by atoms with Gasteiger partial charge in [0.05, 0.1) is 0 Å². The SMILES string of the molecule is CC(=O)N1C(=O)N(C#N)C(=O)C1(C)C. The molecule has 6 nitrogen and oxygen atoms in total. The predicted molar refractivity (Wildman–Crippen MR) is 44.5 cm³/mol. The molecule has 0 unspecified atom stereocenters. The van der Waals surface area contributed by atoms with Crippen LogP contribution >= 0.6 is 0 Å². The van der Waals surface area contributed by atoms with Crippen molar-refractivity contribution in [2.45, 2.75) is 26.3 Å². The van der Waals surface area contributed by atoms with Crippen molar-refractivity contribution < 1.29 is 14.4 Å². The summed E-state index contributed by atoms with van der Waals surface area (Å²) in [7, 11) is 0. The van der Waals surface area contributed by atoms with Gasteiger partial charge in [-0.15, -0.1) is 0 Å². The molecule has 1 heterocycles. The van der Waals surface area contributed by atoms with Crippen LogP contribution in [0.4, 0.5) is 4.79 Å². The molecule has 1 rings (SSSR count). The predicted octanol–water partition coefficient (Wildman–Crippen LogP) is 0.0568. The number of nitrogens with zero attached hydrogens (tertiary/aromatic N) is 3. The molecule has 0 N–H and O–H groups in total. The first-order valence-electron chi connectivity index (χ1n) is 3.93. The van der Waals surface area contributed by atoms with Crippen LogP contribution in [0.15, 0.2) is 0 Å². The molecule has 1 aliphatic rings.